The third-order valence-electron chi connectivity index (χ3n) is 4.65. The smallest absolute Gasteiger partial charge is 0.387 e. The lowest BCUT2D eigenvalue weighted by Gasteiger charge is -2.33. The molecule has 0 saturated carbocycles. The van der Waals surface area contributed by atoms with Gasteiger partial charge in [0.1, 0.15) is 5.54 Å². The predicted octanol–water partition coefficient (Wildman–Crippen LogP) is 4.61. The van der Waals surface area contributed by atoms with Crippen molar-refractivity contribution < 1.29 is 17.9 Å². The Hall–Kier alpha value is -1.93. The van der Waals surface area contributed by atoms with E-state index in [2.05, 4.69) is 4.99 Å². The fraction of sp³-hybridized carbons (Fsp3) is 0.333. The summed E-state index contributed by atoms with van der Waals surface area (Å²) in [6.07, 6.45) is 5.47. The number of amidine groups is 1. The molecule has 3 aliphatic rings. The van der Waals surface area contributed by atoms with Gasteiger partial charge in [-0.25, -0.2) is 4.39 Å². The van der Waals surface area contributed by atoms with E-state index in [0.717, 1.165) is 5.56 Å². The SMILES string of the molecule is CN=CC1=CN2C[C@@]3(CCSc4c3ccc(Cl)c4F)N=C2C(OC(F)F)=C1. The van der Waals surface area contributed by atoms with Crippen LogP contribution in [-0.4, -0.2) is 42.9 Å². The Labute approximate surface area is 163 Å². The summed E-state index contributed by atoms with van der Waals surface area (Å²) in [5.41, 5.74) is 0.608. The average Bonchev–Trinajstić information content (AvgIpc) is 2.97. The van der Waals surface area contributed by atoms with Crippen molar-refractivity contribution in [3.8, 4) is 0 Å². The molecule has 0 saturated heterocycles. The molecule has 4 nitrogen and oxygen atoms in total. The molecular weight excluding hydrogens is 399 g/mol. The van der Waals surface area contributed by atoms with Crippen LogP contribution in [0.3, 0.4) is 0 Å². The molecule has 1 aromatic carbocycles. The lowest BCUT2D eigenvalue weighted by Crippen LogP contribution is -2.35. The number of hydrogen-bond acceptors (Lipinski definition) is 5. The molecule has 27 heavy (non-hydrogen) atoms. The van der Waals surface area contributed by atoms with E-state index in [1.54, 1.807) is 30.4 Å². The minimum absolute atomic E-state index is 0.0199. The largest absolute Gasteiger partial charge is 0.431 e. The molecule has 3 heterocycles. The first-order valence-electron chi connectivity index (χ1n) is 8.22. The summed E-state index contributed by atoms with van der Waals surface area (Å²) in [4.78, 5) is 10.9. The highest BCUT2D eigenvalue weighted by Gasteiger charge is 2.46. The highest BCUT2D eigenvalue weighted by atomic mass is 35.5. The molecule has 0 radical (unpaired) electrons. The van der Waals surface area contributed by atoms with Gasteiger partial charge in [0.25, 0.3) is 0 Å². The van der Waals surface area contributed by atoms with Gasteiger partial charge in [-0.05, 0) is 24.1 Å². The quantitative estimate of drug-likeness (QED) is 0.679. The van der Waals surface area contributed by atoms with Crippen LogP contribution in [0, 0.1) is 5.82 Å². The Morgan fingerprint density at radius 3 is 3.00 bits per heavy atom. The zero-order chi connectivity index (χ0) is 19.2. The molecule has 4 rings (SSSR count). The van der Waals surface area contributed by atoms with E-state index >= 15 is 0 Å². The Bertz CT molecular complexity index is 915. The first-order valence-corrected chi connectivity index (χ1v) is 9.58. The summed E-state index contributed by atoms with van der Waals surface area (Å²) in [6.45, 7) is -2.57. The third-order valence-corrected chi connectivity index (χ3v) is 6.04. The van der Waals surface area contributed by atoms with Crippen molar-refractivity contribution >= 4 is 35.4 Å². The van der Waals surface area contributed by atoms with Gasteiger partial charge in [-0.15, -0.1) is 11.8 Å². The van der Waals surface area contributed by atoms with Crippen LogP contribution in [0.4, 0.5) is 13.2 Å². The first-order chi connectivity index (χ1) is 12.9. The number of ether oxygens (including phenoxy) is 1. The van der Waals surface area contributed by atoms with Crippen molar-refractivity contribution in [2.75, 3.05) is 19.3 Å². The van der Waals surface area contributed by atoms with E-state index in [4.69, 9.17) is 21.3 Å². The molecule has 0 amide bonds. The molecule has 3 aliphatic heterocycles. The van der Waals surface area contributed by atoms with Crippen molar-refractivity contribution in [2.45, 2.75) is 23.5 Å². The first kappa shape index (κ1) is 18.4. The van der Waals surface area contributed by atoms with Gasteiger partial charge in [-0.3, -0.25) is 9.98 Å². The fourth-order valence-electron chi connectivity index (χ4n) is 3.57. The molecule has 0 bridgehead atoms. The minimum Gasteiger partial charge on any atom is -0.431 e. The number of nitrogens with zero attached hydrogens (tertiary/aromatic N) is 3. The number of benzene rings is 1. The van der Waals surface area contributed by atoms with Crippen LogP contribution in [0.15, 0.2) is 50.6 Å². The highest BCUT2D eigenvalue weighted by molar-refractivity contribution is 7.99. The van der Waals surface area contributed by atoms with E-state index in [1.807, 2.05) is 0 Å². The van der Waals surface area contributed by atoms with E-state index in [1.165, 1.54) is 23.9 Å². The molecule has 0 aliphatic carbocycles. The number of alkyl halides is 2. The molecule has 1 spiro atoms. The summed E-state index contributed by atoms with van der Waals surface area (Å²) < 4.78 is 45.0. The Balaban J connectivity index is 1.81. The summed E-state index contributed by atoms with van der Waals surface area (Å²) in [7, 11) is 1.60. The minimum atomic E-state index is -2.97. The van der Waals surface area contributed by atoms with Crippen LogP contribution in [0.2, 0.25) is 5.02 Å². The molecule has 1 aromatic rings. The van der Waals surface area contributed by atoms with Crippen LogP contribution < -0.4 is 0 Å². The maximum Gasteiger partial charge on any atom is 0.387 e. The monoisotopic (exact) mass is 413 g/mol. The standard InChI is InChI=1S/C18H15ClF3N3OS/c1-23-7-10-6-13(26-17(21)22)16-24-18(9-25(16)8-10)4-5-27-15-11(18)2-3-12(19)14(15)20/h2-3,6-8,17H,4-5,9H2,1H3/t18-/m1/s1. The molecule has 0 fully saturated rings. The van der Waals surface area contributed by atoms with Crippen LogP contribution in [-0.2, 0) is 10.3 Å². The van der Waals surface area contributed by atoms with Crippen molar-refractivity contribution in [3.63, 3.8) is 0 Å². The predicted molar refractivity (Wildman–Crippen MR) is 100 cm³/mol. The number of aliphatic imine (C=N–C) groups is 2. The lowest BCUT2D eigenvalue weighted by molar-refractivity contribution is -0.0906. The maximum atomic E-state index is 14.5. The van der Waals surface area contributed by atoms with E-state index in [9.17, 15) is 13.2 Å². The topological polar surface area (TPSA) is 37.2 Å². The number of halogens is 4. The van der Waals surface area contributed by atoms with Gasteiger partial charge in [-0.1, -0.05) is 17.7 Å². The second-order valence-electron chi connectivity index (χ2n) is 6.33. The lowest BCUT2D eigenvalue weighted by atomic mass is 9.87. The zero-order valence-electron chi connectivity index (χ0n) is 14.3. The molecule has 9 heteroatoms. The van der Waals surface area contributed by atoms with Crippen molar-refractivity contribution in [2.24, 2.45) is 9.98 Å². The number of hydrogen-bond donors (Lipinski definition) is 0. The molecule has 0 unspecified atom stereocenters. The number of rotatable bonds is 3. The second-order valence-corrected chi connectivity index (χ2v) is 7.85. The number of allylic oxidation sites excluding steroid dienone is 2. The van der Waals surface area contributed by atoms with Gasteiger partial charge in [0, 0.05) is 30.8 Å². The zero-order valence-corrected chi connectivity index (χ0v) is 15.8. The Kier molecular flexibility index (Phi) is 4.71. The average molecular weight is 414 g/mol. The van der Waals surface area contributed by atoms with Crippen molar-refractivity contribution in [3.05, 3.63) is 52.1 Å². The van der Waals surface area contributed by atoms with Crippen LogP contribution >= 0.6 is 23.4 Å². The van der Waals surface area contributed by atoms with Gasteiger partial charge in [0.2, 0.25) is 0 Å². The van der Waals surface area contributed by atoms with Gasteiger partial charge in [0.15, 0.2) is 17.4 Å². The second kappa shape index (κ2) is 6.91. The van der Waals surface area contributed by atoms with E-state index < -0.39 is 18.0 Å². The van der Waals surface area contributed by atoms with Gasteiger partial charge < -0.3 is 9.64 Å². The molecule has 142 valence electrons. The number of thioether (sulfide) groups is 1. The fourth-order valence-corrected chi connectivity index (χ4v) is 5.08. The highest BCUT2D eigenvalue weighted by Crippen LogP contribution is 2.48. The van der Waals surface area contributed by atoms with Crippen molar-refractivity contribution in [1.29, 1.82) is 0 Å². The van der Waals surface area contributed by atoms with Gasteiger partial charge >= 0.3 is 6.61 Å². The van der Waals surface area contributed by atoms with Gasteiger partial charge in [0.05, 0.1) is 16.5 Å². The van der Waals surface area contributed by atoms with Crippen LogP contribution in [0.5, 0.6) is 0 Å². The Morgan fingerprint density at radius 1 is 1.44 bits per heavy atom. The summed E-state index contributed by atoms with van der Waals surface area (Å²) in [6, 6.07) is 3.28. The Morgan fingerprint density at radius 2 is 2.26 bits per heavy atom. The number of fused-ring (bicyclic) bond motifs is 3. The summed E-state index contributed by atoms with van der Waals surface area (Å²) in [5.74, 6) is 0.485. The van der Waals surface area contributed by atoms with Crippen molar-refractivity contribution in [1.82, 2.24) is 4.90 Å². The molecular formula is C18H15ClF3N3OS. The van der Waals surface area contributed by atoms with Gasteiger partial charge in [-0.2, -0.15) is 8.78 Å². The van der Waals surface area contributed by atoms with E-state index in [0.29, 0.717) is 35.0 Å². The summed E-state index contributed by atoms with van der Waals surface area (Å²) >= 11 is 7.32. The van der Waals surface area contributed by atoms with Crippen LogP contribution in [0.1, 0.15) is 12.0 Å². The molecule has 0 N–H and O–H groups in total. The molecule has 1 atom stereocenters. The molecule has 0 aromatic heterocycles. The van der Waals surface area contributed by atoms with E-state index in [-0.39, 0.29) is 10.8 Å². The maximum absolute atomic E-state index is 14.5. The summed E-state index contributed by atoms with van der Waals surface area (Å²) in [5, 5.41) is 0.0598. The third kappa shape index (κ3) is 3.14. The van der Waals surface area contributed by atoms with Crippen LogP contribution in [0.25, 0.3) is 0 Å². The normalized spacial score (nSPS) is 24.1.